The first-order chi connectivity index (χ1) is 16.7. The van der Waals surface area contributed by atoms with Crippen LogP contribution in [0.2, 0.25) is 5.02 Å². The number of benzene rings is 2. The highest BCUT2D eigenvalue weighted by Crippen LogP contribution is 2.41. The second-order valence-corrected chi connectivity index (χ2v) is 7.54. The Hall–Kier alpha value is -4.35. The SMILES string of the molecule is COc1ccc(C(Nc2ccc(C(=N)N)cc2)C(=O)N(N)c2ncccc2C(=O)O)c(Cl)c1OC. The van der Waals surface area contributed by atoms with Gasteiger partial charge in [0.15, 0.2) is 17.3 Å². The van der Waals surface area contributed by atoms with Crippen molar-refractivity contribution in [2.45, 2.75) is 6.04 Å². The summed E-state index contributed by atoms with van der Waals surface area (Å²) in [5.41, 5.74) is 6.51. The average molecular weight is 499 g/mol. The first-order valence-corrected chi connectivity index (χ1v) is 10.5. The number of carboxylic acid groups (broad SMARTS) is 1. The van der Waals surface area contributed by atoms with E-state index in [9.17, 15) is 14.7 Å². The molecule has 1 amide bonds. The van der Waals surface area contributed by atoms with E-state index in [0.717, 1.165) is 0 Å². The molecule has 1 unspecified atom stereocenters. The van der Waals surface area contributed by atoms with Crippen LogP contribution >= 0.6 is 11.6 Å². The number of rotatable bonds is 9. The number of nitrogen functional groups attached to an aromatic ring is 1. The fraction of sp³-hybridized carbons (Fsp3) is 0.130. The number of hydrogen-bond acceptors (Lipinski definition) is 8. The normalized spacial score (nSPS) is 11.3. The molecule has 0 saturated heterocycles. The predicted octanol–water partition coefficient (Wildman–Crippen LogP) is 2.79. The maximum absolute atomic E-state index is 13.6. The van der Waals surface area contributed by atoms with Gasteiger partial charge in [-0.2, -0.15) is 0 Å². The van der Waals surface area contributed by atoms with Gasteiger partial charge in [-0.15, -0.1) is 0 Å². The number of nitrogens with zero attached hydrogens (tertiary/aromatic N) is 2. The Morgan fingerprint density at radius 1 is 1.14 bits per heavy atom. The minimum absolute atomic E-state index is 0.0888. The molecule has 0 aliphatic carbocycles. The fourth-order valence-corrected chi connectivity index (χ4v) is 3.65. The van der Waals surface area contributed by atoms with Crippen LogP contribution in [0.3, 0.4) is 0 Å². The van der Waals surface area contributed by atoms with Gasteiger partial charge in [0.1, 0.15) is 17.4 Å². The second kappa shape index (κ2) is 10.7. The number of amidine groups is 1. The van der Waals surface area contributed by atoms with Crippen molar-refractivity contribution in [2.75, 3.05) is 24.5 Å². The van der Waals surface area contributed by atoms with E-state index in [1.165, 1.54) is 32.5 Å². The van der Waals surface area contributed by atoms with Crippen LogP contribution in [-0.2, 0) is 4.79 Å². The van der Waals surface area contributed by atoms with E-state index in [1.807, 2.05) is 0 Å². The first-order valence-electron chi connectivity index (χ1n) is 10.1. The number of nitrogens with one attached hydrogen (secondary N) is 2. The van der Waals surface area contributed by atoms with Gasteiger partial charge < -0.3 is 25.6 Å². The van der Waals surface area contributed by atoms with E-state index < -0.39 is 17.9 Å². The van der Waals surface area contributed by atoms with Gasteiger partial charge in [0.05, 0.1) is 19.2 Å². The zero-order chi connectivity index (χ0) is 25.7. The molecule has 35 heavy (non-hydrogen) atoms. The maximum atomic E-state index is 13.6. The average Bonchev–Trinajstić information content (AvgIpc) is 2.86. The highest BCUT2D eigenvalue weighted by Gasteiger charge is 2.31. The lowest BCUT2D eigenvalue weighted by molar-refractivity contribution is -0.119. The van der Waals surface area contributed by atoms with Crippen LogP contribution in [0.1, 0.15) is 27.5 Å². The number of hydrogen-bond donors (Lipinski definition) is 5. The molecule has 2 aromatic carbocycles. The van der Waals surface area contributed by atoms with Crippen molar-refractivity contribution in [3.63, 3.8) is 0 Å². The molecule has 0 fully saturated rings. The minimum Gasteiger partial charge on any atom is -0.493 e. The van der Waals surface area contributed by atoms with E-state index in [4.69, 9.17) is 38.1 Å². The Labute approximate surface area is 205 Å². The van der Waals surface area contributed by atoms with E-state index in [2.05, 4.69) is 10.3 Å². The van der Waals surface area contributed by atoms with Crippen molar-refractivity contribution in [3.8, 4) is 11.5 Å². The number of nitrogens with two attached hydrogens (primary N) is 2. The highest BCUT2D eigenvalue weighted by molar-refractivity contribution is 6.33. The number of hydrazine groups is 1. The highest BCUT2D eigenvalue weighted by atomic mass is 35.5. The number of amides is 1. The third-order valence-electron chi connectivity index (χ3n) is 5.06. The number of aromatic nitrogens is 1. The maximum Gasteiger partial charge on any atom is 0.339 e. The summed E-state index contributed by atoms with van der Waals surface area (Å²) < 4.78 is 10.6. The quantitative estimate of drug-likeness (QED) is 0.0975. The molecule has 182 valence electrons. The molecule has 1 aromatic heterocycles. The first kappa shape index (κ1) is 25.3. The summed E-state index contributed by atoms with van der Waals surface area (Å²) in [5.74, 6) is 4.21. The largest absolute Gasteiger partial charge is 0.493 e. The predicted molar refractivity (Wildman–Crippen MR) is 131 cm³/mol. The molecule has 3 rings (SSSR count). The van der Waals surface area contributed by atoms with Crippen LogP contribution in [0.4, 0.5) is 11.5 Å². The van der Waals surface area contributed by atoms with Crippen LogP contribution in [-0.4, -0.2) is 42.0 Å². The molecule has 0 bridgehead atoms. The molecule has 0 aliphatic heterocycles. The fourth-order valence-electron chi connectivity index (χ4n) is 3.31. The number of ether oxygens (including phenoxy) is 2. The van der Waals surface area contributed by atoms with E-state index in [1.54, 1.807) is 36.4 Å². The molecule has 0 spiro atoms. The van der Waals surface area contributed by atoms with E-state index >= 15 is 0 Å². The zero-order valence-electron chi connectivity index (χ0n) is 18.8. The Kier molecular flexibility index (Phi) is 7.74. The van der Waals surface area contributed by atoms with Crippen molar-refractivity contribution in [1.82, 2.24) is 4.98 Å². The lowest BCUT2D eigenvalue weighted by atomic mass is 10.0. The van der Waals surface area contributed by atoms with E-state index in [-0.39, 0.29) is 33.6 Å². The van der Waals surface area contributed by atoms with Gasteiger partial charge in [0.2, 0.25) is 0 Å². The Bertz CT molecular complexity index is 1270. The lowest BCUT2D eigenvalue weighted by Gasteiger charge is -2.26. The summed E-state index contributed by atoms with van der Waals surface area (Å²) in [6.45, 7) is 0. The van der Waals surface area contributed by atoms with Crippen LogP contribution in [0.15, 0.2) is 54.7 Å². The molecule has 1 heterocycles. The Balaban J connectivity index is 2.10. The van der Waals surface area contributed by atoms with Gasteiger partial charge in [0.25, 0.3) is 5.91 Å². The molecule has 12 heteroatoms. The number of pyridine rings is 1. The van der Waals surface area contributed by atoms with Crippen molar-refractivity contribution < 1.29 is 24.2 Å². The summed E-state index contributed by atoms with van der Waals surface area (Å²) in [6.07, 6.45) is 1.32. The second-order valence-electron chi connectivity index (χ2n) is 7.16. The monoisotopic (exact) mass is 498 g/mol. The summed E-state index contributed by atoms with van der Waals surface area (Å²) in [4.78, 5) is 29.2. The molecular formula is C23H23ClN6O5. The third kappa shape index (κ3) is 5.26. The number of anilines is 2. The standard InChI is InChI=1S/C23H23ClN6O5/c1-34-16-10-9-14(17(24)19(16)35-2)18(29-13-7-5-12(6-8-13)20(25)26)22(31)30(27)21-15(23(32)33)4-3-11-28-21/h3-11,18,29H,27H2,1-2H3,(H3,25,26)(H,32,33). The van der Waals surface area contributed by atoms with Crippen LogP contribution in [0, 0.1) is 5.41 Å². The smallest absolute Gasteiger partial charge is 0.339 e. The van der Waals surface area contributed by atoms with Gasteiger partial charge >= 0.3 is 5.97 Å². The lowest BCUT2D eigenvalue weighted by Crippen LogP contribution is -2.44. The van der Waals surface area contributed by atoms with Gasteiger partial charge in [0, 0.05) is 23.0 Å². The van der Waals surface area contributed by atoms with Crippen LogP contribution in [0.5, 0.6) is 11.5 Å². The number of methoxy groups -OCH3 is 2. The Morgan fingerprint density at radius 2 is 1.83 bits per heavy atom. The molecule has 11 nitrogen and oxygen atoms in total. The number of halogens is 1. The Morgan fingerprint density at radius 3 is 2.40 bits per heavy atom. The summed E-state index contributed by atoms with van der Waals surface area (Å²) in [5, 5.41) is 20.8. The minimum atomic E-state index is -1.30. The summed E-state index contributed by atoms with van der Waals surface area (Å²) >= 11 is 6.59. The molecule has 7 N–H and O–H groups in total. The van der Waals surface area contributed by atoms with Crippen molar-refractivity contribution in [1.29, 1.82) is 5.41 Å². The van der Waals surface area contributed by atoms with Gasteiger partial charge in [-0.05, 0) is 42.5 Å². The number of carbonyl (C=O) groups excluding carboxylic acids is 1. The van der Waals surface area contributed by atoms with Gasteiger partial charge in [-0.3, -0.25) is 10.2 Å². The topological polar surface area (TPSA) is 177 Å². The van der Waals surface area contributed by atoms with Gasteiger partial charge in [-0.25, -0.2) is 20.6 Å². The molecule has 0 saturated carbocycles. The number of carbonyl (C=O) groups is 2. The summed E-state index contributed by atoms with van der Waals surface area (Å²) in [7, 11) is 2.85. The van der Waals surface area contributed by atoms with Crippen LogP contribution < -0.4 is 31.4 Å². The number of aromatic carboxylic acids is 1. The third-order valence-corrected chi connectivity index (χ3v) is 5.45. The van der Waals surface area contributed by atoms with Crippen molar-refractivity contribution in [2.24, 2.45) is 11.6 Å². The van der Waals surface area contributed by atoms with Gasteiger partial charge in [-0.1, -0.05) is 17.7 Å². The summed E-state index contributed by atoms with van der Waals surface area (Å²) in [6, 6.07) is 11.1. The van der Waals surface area contributed by atoms with Crippen LogP contribution in [0.25, 0.3) is 0 Å². The molecule has 3 aromatic rings. The molecule has 0 aliphatic rings. The van der Waals surface area contributed by atoms with Crippen molar-refractivity contribution >= 4 is 40.8 Å². The number of carboxylic acids is 1. The van der Waals surface area contributed by atoms with Crippen molar-refractivity contribution in [3.05, 3.63) is 76.4 Å². The zero-order valence-corrected chi connectivity index (χ0v) is 19.5. The molecular weight excluding hydrogens is 476 g/mol. The van der Waals surface area contributed by atoms with E-state index in [0.29, 0.717) is 22.0 Å². The molecule has 1 atom stereocenters. The molecule has 0 radical (unpaired) electrons.